The summed E-state index contributed by atoms with van der Waals surface area (Å²) in [5, 5.41) is 17.2. The number of rotatable bonds is 7. The number of nitrogens with zero attached hydrogens (tertiary/aromatic N) is 2. The first-order valence-electron chi connectivity index (χ1n) is 7.87. The van der Waals surface area contributed by atoms with Crippen molar-refractivity contribution in [2.45, 2.75) is 12.8 Å². The summed E-state index contributed by atoms with van der Waals surface area (Å²) in [6.45, 7) is 0. The minimum Gasteiger partial charge on any atom is -0.478 e. The molecule has 0 saturated carbocycles. The van der Waals surface area contributed by atoms with E-state index in [0.717, 1.165) is 21.0 Å². The van der Waals surface area contributed by atoms with Gasteiger partial charge < -0.3 is 14.9 Å². The highest BCUT2D eigenvalue weighted by atomic mass is 79.9. The van der Waals surface area contributed by atoms with Crippen molar-refractivity contribution in [1.29, 1.82) is 0 Å². The van der Waals surface area contributed by atoms with Crippen LogP contribution in [0.3, 0.4) is 0 Å². The molecule has 0 aliphatic heterocycles. The Morgan fingerprint density at radius 1 is 1.30 bits per heavy atom. The molecule has 7 nitrogen and oxygen atoms in total. The fourth-order valence-corrected chi connectivity index (χ4v) is 3.53. The zero-order valence-corrected chi connectivity index (χ0v) is 16.3. The first-order valence-corrected chi connectivity index (χ1v) is 9.55. The zero-order chi connectivity index (χ0) is 19.2. The maximum atomic E-state index is 12.1. The first kappa shape index (κ1) is 19.0. The number of nitrogens with one attached hydrogen (secondary N) is 1. The Balaban J connectivity index is 1.51. The molecule has 2 N–H and O–H groups in total. The molecular formula is C18H14BrN3O4S. The van der Waals surface area contributed by atoms with Crippen LogP contribution >= 0.6 is 27.3 Å². The van der Waals surface area contributed by atoms with Crippen molar-refractivity contribution in [2.75, 3.05) is 5.32 Å². The van der Waals surface area contributed by atoms with Crippen molar-refractivity contribution in [3.05, 3.63) is 57.7 Å². The van der Waals surface area contributed by atoms with Crippen molar-refractivity contribution in [3.63, 3.8) is 0 Å². The van der Waals surface area contributed by atoms with Gasteiger partial charge in [-0.05, 0) is 45.8 Å². The number of hydrogen-bond donors (Lipinski definition) is 2. The van der Waals surface area contributed by atoms with Crippen LogP contribution in [0.25, 0.3) is 16.8 Å². The largest absolute Gasteiger partial charge is 0.478 e. The molecule has 0 unspecified atom stereocenters. The maximum absolute atomic E-state index is 12.1. The van der Waals surface area contributed by atoms with Gasteiger partial charge in [0.05, 0.1) is 4.88 Å². The lowest BCUT2D eigenvalue weighted by Gasteiger charge is -2.04. The van der Waals surface area contributed by atoms with E-state index >= 15 is 0 Å². The predicted molar refractivity (Wildman–Crippen MR) is 105 cm³/mol. The van der Waals surface area contributed by atoms with Crippen molar-refractivity contribution < 1.29 is 19.2 Å². The second-order valence-electron chi connectivity index (χ2n) is 5.48. The molecule has 3 rings (SSSR count). The molecule has 27 heavy (non-hydrogen) atoms. The number of aliphatic carboxylic acids is 1. The van der Waals surface area contributed by atoms with E-state index in [1.54, 1.807) is 24.3 Å². The van der Waals surface area contributed by atoms with Crippen molar-refractivity contribution in [1.82, 2.24) is 10.1 Å². The van der Waals surface area contributed by atoms with Gasteiger partial charge in [-0.15, -0.1) is 11.3 Å². The molecule has 0 fully saturated rings. The average Bonchev–Trinajstić information content (AvgIpc) is 3.28. The van der Waals surface area contributed by atoms with Gasteiger partial charge in [-0.2, -0.15) is 4.98 Å². The van der Waals surface area contributed by atoms with Crippen LogP contribution in [-0.2, 0) is 16.0 Å². The van der Waals surface area contributed by atoms with Crippen LogP contribution in [0.5, 0.6) is 0 Å². The molecule has 1 aromatic carbocycles. The number of amides is 1. The average molecular weight is 448 g/mol. The Kier molecular flexibility index (Phi) is 6.15. The number of aryl methyl sites for hydroxylation is 1. The fourth-order valence-electron chi connectivity index (χ4n) is 2.18. The normalized spacial score (nSPS) is 11.0. The standard InChI is InChI=1S/C18H14BrN3O4S/c19-12-9-14(27-10-12)18-21-16(26-22-18)7-6-15(23)20-13-4-1-11(2-5-13)3-8-17(24)25/h1-5,8-10H,6-7H2,(H,20,23)(H,24,25). The summed E-state index contributed by atoms with van der Waals surface area (Å²) in [5.41, 5.74) is 1.36. The minimum absolute atomic E-state index is 0.178. The Morgan fingerprint density at radius 3 is 2.74 bits per heavy atom. The van der Waals surface area contributed by atoms with Gasteiger partial charge in [-0.25, -0.2) is 4.79 Å². The van der Waals surface area contributed by atoms with E-state index in [0.29, 0.717) is 23.8 Å². The lowest BCUT2D eigenvalue weighted by molar-refractivity contribution is -0.131. The summed E-state index contributed by atoms with van der Waals surface area (Å²) in [4.78, 5) is 27.7. The molecule has 0 spiro atoms. The van der Waals surface area contributed by atoms with Gasteiger partial charge in [0.25, 0.3) is 0 Å². The van der Waals surface area contributed by atoms with Crippen LogP contribution in [0, 0.1) is 0 Å². The third-order valence-electron chi connectivity index (χ3n) is 3.43. The minimum atomic E-state index is -1.01. The zero-order valence-electron chi connectivity index (χ0n) is 13.9. The van der Waals surface area contributed by atoms with Gasteiger partial charge in [0.2, 0.25) is 17.6 Å². The SMILES string of the molecule is O=C(O)C=Cc1ccc(NC(=O)CCc2nc(-c3cc(Br)cs3)no2)cc1. The number of hydrogen-bond acceptors (Lipinski definition) is 6. The Labute approximate surface area is 166 Å². The second kappa shape index (κ2) is 8.74. The quantitative estimate of drug-likeness (QED) is 0.524. The predicted octanol–water partition coefficient (Wildman–Crippen LogP) is 4.23. The van der Waals surface area contributed by atoms with Crippen molar-refractivity contribution >= 4 is 50.9 Å². The molecule has 3 aromatic rings. The number of carboxylic acid groups (broad SMARTS) is 1. The number of aromatic nitrogens is 2. The molecule has 0 radical (unpaired) electrons. The topological polar surface area (TPSA) is 105 Å². The number of benzene rings is 1. The number of halogens is 1. The molecule has 0 aliphatic carbocycles. The first-order chi connectivity index (χ1) is 13.0. The van der Waals surface area contributed by atoms with Crippen LogP contribution in [0.4, 0.5) is 5.69 Å². The second-order valence-corrected chi connectivity index (χ2v) is 7.31. The summed E-state index contributed by atoms with van der Waals surface area (Å²) in [6.07, 6.45) is 3.08. The Bertz CT molecular complexity index is 979. The summed E-state index contributed by atoms with van der Waals surface area (Å²) >= 11 is 4.88. The highest BCUT2D eigenvalue weighted by Gasteiger charge is 2.12. The molecule has 2 heterocycles. The molecule has 0 aliphatic rings. The van der Waals surface area contributed by atoms with Gasteiger partial charge in [-0.1, -0.05) is 17.3 Å². The number of thiophene rings is 1. The van der Waals surface area contributed by atoms with Crippen LogP contribution in [0.1, 0.15) is 17.9 Å². The van der Waals surface area contributed by atoms with E-state index in [1.165, 1.54) is 17.4 Å². The molecule has 1 amide bonds. The van der Waals surface area contributed by atoms with Crippen LogP contribution in [0.15, 0.2) is 50.8 Å². The molecule has 0 bridgehead atoms. The monoisotopic (exact) mass is 447 g/mol. The van der Waals surface area contributed by atoms with Gasteiger partial charge >= 0.3 is 5.97 Å². The smallest absolute Gasteiger partial charge is 0.328 e. The Morgan fingerprint density at radius 2 is 2.07 bits per heavy atom. The van der Waals surface area contributed by atoms with E-state index in [-0.39, 0.29) is 12.3 Å². The van der Waals surface area contributed by atoms with Gasteiger partial charge in [0.1, 0.15) is 0 Å². The molecule has 0 saturated heterocycles. The lowest BCUT2D eigenvalue weighted by atomic mass is 10.2. The van der Waals surface area contributed by atoms with Crippen molar-refractivity contribution in [2.24, 2.45) is 0 Å². The summed E-state index contributed by atoms with van der Waals surface area (Å²) in [6, 6.07) is 8.76. The molecule has 138 valence electrons. The van der Waals surface area contributed by atoms with E-state index in [1.807, 2.05) is 11.4 Å². The highest BCUT2D eigenvalue weighted by Crippen LogP contribution is 2.27. The summed E-state index contributed by atoms with van der Waals surface area (Å²) in [7, 11) is 0. The van der Waals surface area contributed by atoms with E-state index < -0.39 is 5.97 Å². The van der Waals surface area contributed by atoms with E-state index in [9.17, 15) is 9.59 Å². The maximum Gasteiger partial charge on any atom is 0.328 e. The molecule has 2 aromatic heterocycles. The number of carboxylic acids is 1. The van der Waals surface area contributed by atoms with E-state index in [2.05, 4.69) is 31.4 Å². The van der Waals surface area contributed by atoms with Gasteiger partial charge in [0.15, 0.2) is 0 Å². The Hall–Kier alpha value is -2.78. The van der Waals surface area contributed by atoms with Crippen LogP contribution in [0.2, 0.25) is 0 Å². The third-order valence-corrected chi connectivity index (χ3v) is 5.12. The lowest BCUT2D eigenvalue weighted by Crippen LogP contribution is -2.12. The molecule has 9 heteroatoms. The summed E-state index contributed by atoms with van der Waals surface area (Å²) < 4.78 is 6.14. The molecular weight excluding hydrogens is 434 g/mol. The fraction of sp³-hybridized carbons (Fsp3) is 0.111. The number of carbonyl (C=O) groups excluding carboxylic acids is 1. The van der Waals surface area contributed by atoms with Gasteiger partial charge in [-0.3, -0.25) is 4.79 Å². The van der Waals surface area contributed by atoms with E-state index in [4.69, 9.17) is 9.63 Å². The van der Waals surface area contributed by atoms with Crippen molar-refractivity contribution in [3.8, 4) is 10.7 Å². The molecule has 0 atom stereocenters. The summed E-state index contributed by atoms with van der Waals surface area (Å²) in [5.74, 6) is -0.282. The number of anilines is 1. The third kappa shape index (κ3) is 5.60. The number of carbonyl (C=O) groups is 2. The highest BCUT2D eigenvalue weighted by molar-refractivity contribution is 9.10. The van der Waals surface area contributed by atoms with Crippen LogP contribution in [-0.4, -0.2) is 27.1 Å². The van der Waals surface area contributed by atoms with Gasteiger partial charge in [0, 0.05) is 34.5 Å². The van der Waals surface area contributed by atoms with Crippen LogP contribution < -0.4 is 5.32 Å².